The average Bonchev–Trinajstić information content (AvgIpc) is 2.88. The zero-order valence-corrected chi connectivity index (χ0v) is 13.4. The Kier molecular flexibility index (Phi) is 5.40. The number of aliphatic hydroxyl groups excluding tert-OH is 1. The summed E-state index contributed by atoms with van der Waals surface area (Å²) in [5.74, 6) is 1.76. The molecule has 1 heterocycles. The third-order valence-electron chi connectivity index (χ3n) is 3.39. The highest BCUT2D eigenvalue weighted by atomic mass is 79.9. The highest BCUT2D eigenvalue weighted by Crippen LogP contribution is 2.27. The van der Waals surface area contributed by atoms with Crippen molar-refractivity contribution in [3.05, 3.63) is 46.1 Å². The second-order valence-electron chi connectivity index (χ2n) is 4.89. The minimum atomic E-state index is 0.123. The van der Waals surface area contributed by atoms with Gasteiger partial charge < -0.3 is 14.8 Å². The SMILES string of the molecule is CC[C@@H](CO)NCc1ccc(-c2ccc(Br)cc2C)o1. The summed E-state index contributed by atoms with van der Waals surface area (Å²) in [6.45, 7) is 4.90. The van der Waals surface area contributed by atoms with Gasteiger partial charge in [0.1, 0.15) is 11.5 Å². The number of hydrogen-bond donors (Lipinski definition) is 2. The topological polar surface area (TPSA) is 45.4 Å². The van der Waals surface area contributed by atoms with Gasteiger partial charge in [0.05, 0.1) is 13.2 Å². The maximum absolute atomic E-state index is 9.15. The quantitative estimate of drug-likeness (QED) is 0.840. The van der Waals surface area contributed by atoms with Crippen LogP contribution < -0.4 is 5.32 Å². The minimum Gasteiger partial charge on any atom is -0.460 e. The molecular formula is C16H20BrNO2. The fraction of sp³-hybridized carbons (Fsp3) is 0.375. The van der Waals surface area contributed by atoms with Crippen LogP contribution in [0.5, 0.6) is 0 Å². The zero-order valence-electron chi connectivity index (χ0n) is 11.8. The smallest absolute Gasteiger partial charge is 0.134 e. The lowest BCUT2D eigenvalue weighted by Gasteiger charge is -2.12. The summed E-state index contributed by atoms with van der Waals surface area (Å²) >= 11 is 3.47. The van der Waals surface area contributed by atoms with Gasteiger partial charge in [-0.15, -0.1) is 0 Å². The summed E-state index contributed by atoms with van der Waals surface area (Å²) in [4.78, 5) is 0. The Bertz CT molecular complexity index is 561. The maximum atomic E-state index is 9.15. The van der Waals surface area contributed by atoms with Gasteiger partial charge in [0.15, 0.2) is 0 Å². The summed E-state index contributed by atoms with van der Waals surface area (Å²) in [5.41, 5.74) is 2.28. The predicted molar refractivity (Wildman–Crippen MR) is 84.6 cm³/mol. The van der Waals surface area contributed by atoms with Crippen molar-refractivity contribution in [3.63, 3.8) is 0 Å². The molecule has 0 saturated carbocycles. The van der Waals surface area contributed by atoms with Crippen molar-refractivity contribution < 1.29 is 9.52 Å². The average molecular weight is 338 g/mol. The summed E-state index contributed by atoms with van der Waals surface area (Å²) in [6, 6.07) is 10.2. The molecule has 0 aliphatic rings. The van der Waals surface area contributed by atoms with E-state index in [1.54, 1.807) is 0 Å². The van der Waals surface area contributed by atoms with Crippen LogP contribution in [0.3, 0.4) is 0 Å². The standard InChI is InChI=1S/C16H20BrNO2/c1-3-13(10-19)18-9-14-5-7-16(20-14)15-6-4-12(17)8-11(15)2/h4-8,13,18-19H,3,9-10H2,1-2H3/t13-/m0/s1. The Labute approximate surface area is 128 Å². The Morgan fingerprint density at radius 1 is 1.30 bits per heavy atom. The first kappa shape index (κ1) is 15.3. The van der Waals surface area contributed by atoms with Gasteiger partial charge in [0, 0.05) is 16.1 Å². The molecule has 1 atom stereocenters. The summed E-state index contributed by atoms with van der Waals surface area (Å²) in [6.07, 6.45) is 0.899. The Morgan fingerprint density at radius 3 is 2.75 bits per heavy atom. The van der Waals surface area contributed by atoms with Gasteiger partial charge in [0.25, 0.3) is 0 Å². The molecule has 0 spiro atoms. The summed E-state index contributed by atoms with van der Waals surface area (Å²) < 4.78 is 6.94. The number of halogens is 1. The highest BCUT2D eigenvalue weighted by Gasteiger charge is 2.09. The fourth-order valence-electron chi connectivity index (χ4n) is 2.10. The van der Waals surface area contributed by atoms with Crippen molar-refractivity contribution in [2.24, 2.45) is 0 Å². The molecule has 2 rings (SSSR count). The largest absolute Gasteiger partial charge is 0.460 e. The molecule has 0 radical (unpaired) electrons. The highest BCUT2D eigenvalue weighted by molar-refractivity contribution is 9.10. The van der Waals surface area contributed by atoms with Crippen LogP contribution in [-0.4, -0.2) is 17.8 Å². The van der Waals surface area contributed by atoms with Crippen LogP contribution in [0.1, 0.15) is 24.7 Å². The van der Waals surface area contributed by atoms with Crippen molar-refractivity contribution in [2.75, 3.05) is 6.61 Å². The number of aliphatic hydroxyl groups is 1. The first-order chi connectivity index (χ1) is 9.63. The van der Waals surface area contributed by atoms with Gasteiger partial charge in [-0.25, -0.2) is 0 Å². The van der Waals surface area contributed by atoms with Gasteiger partial charge in [0.2, 0.25) is 0 Å². The maximum Gasteiger partial charge on any atom is 0.134 e. The third-order valence-corrected chi connectivity index (χ3v) is 3.89. The van der Waals surface area contributed by atoms with E-state index in [-0.39, 0.29) is 12.6 Å². The number of hydrogen-bond acceptors (Lipinski definition) is 3. The fourth-order valence-corrected chi connectivity index (χ4v) is 2.58. The first-order valence-corrected chi connectivity index (χ1v) is 7.62. The molecule has 0 aliphatic heterocycles. The normalized spacial score (nSPS) is 12.6. The van der Waals surface area contributed by atoms with E-state index < -0.39 is 0 Å². The number of rotatable bonds is 6. The molecule has 0 unspecified atom stereocenters. The molecule has 1 aromatic heterocycles. The molecule has 0 bridgehead atoms. The van der Waals surface area contributed by atoms with E-state index in [0.29, 0.717) is 6.54 Å². The van der Waals surface area contributed by atoms with Crippen LogP contribution >= 0.6 is 15.9 Å². The van der Waals surface area contributed by atoms with E-state index in [1.807, 2.05) is 25.1 Å². The third kappa shape index (κ3) is 3.72. The van der Waals surface area contributed by atoms with Crippen LogP contribution in [0.15, 0.2) is 39.2 Å². The Balaban J connectivity index is 2.08. The van der Waals surface area contributed by atoms with Crippen LogP contribution in [-0.2, 0) is 6.54 Å². The number of furan rings is 1. The Morgan fingerprint density at radius 2 is 2.10 bits per heavy atom. The molecule has 2 N–H and O–H groups in total. The molecule has 20 heavy (non-hydrogen) atoms. The number of benzene rings is 1. The van der Waals surface area contributed by atoms with Gasteiger partial charge in [-0.2, -0.15) is 0 Å². The number of nitrogens with one attached hydrogen (secondary N) is 1. The van der Waals surface area contributed by atoms with Crippen LogP contribution in [0.4, 0.5) is 0 Å². The molecular weight excluding hydrogens is 318 g/mol. The van der Waals surface area contributed by atoms with Crippen LogP contribution in [0.2, 0.25) is 0 Å². The lowest BCUT2D eigenvalue weighted by atomic mass is 10.1. The molecule has 0 amide bonds. The van der Waals surface area contributed by atoms with E-state index in [4.69, 9.17) is 9.52 Å². The molecule has 0 saturated heterocycles. The van der Waals surface area contributed by atoms with E-state index in [2.05, 4.69) is 40.3 Å². The van der Waals surface area contributed by atoms with Gasteiger partial charge in [-0.05, 0) is 49.2 Å². The van der Waals surface area contributed by atoms with Crippen LogP contribution in [0, 0.1) is 6.92 Å². The molecule has 1 aromatic carbocycles. The summed E-state index contributed by atoms with van der Waals surface area (Å²) in [7, 11) is 0. The van der Waals surface area contributed by atoms with Crippen molar-refractivity contribution in [3.8, 4) is 11.3 Å². The predicted octanol–water partition coefficient (Wildman–Crippen LogP) is 3.88. The Hall–Kier alpha value is -1.10. The zero-order chi connectivity index (χ0) is 14.5. The molecule has 0 aliphatic carbocycles. The van der Waals surface area contributed by atoms with Crippen molar-refractivity contribution >= 4 is 15.9 Å². The van der Waals surface area contributed by atoms with Gasteiger partial charge in [-0.3, -0.25) is 0 Å². The van der Waals surface area contributed by atoms with E-state index in [0.717, 1.165) is 28.0 Å². The van der Waals surface area contributed by atoms with E-state index in [9.17, 15) is 0 Å². The monoisotopic (exact) mass is 337 g/mol. The lowest BCUT2D eigenvalue weighted by molar-refractivity contribution is 0.235. The second-order valence-corrected chi connectivity index (χ2v) is 5.81. The number of aryl methyl sites for hydroxylation is 1. The van der Waals surface area contributed by atoms with E-state index >= 15 is 0 Å². The molecule has 3 nitrogen and oxygen atoms in total. The molecule has 108 valence electrons. The first-order valence-electron chi connectivity index (χ1n) is 6.83. The van der Waals surface area contributed by atoms with E-state index in [1.165, 1.54) is 5.56 Å². The van der Waals surface area contributed by atoms with Gasteiger partial charge >= 0.3 is 0 Å². The van der Waals surface area contributed by atoms with Crippen molar-refractivity contribution in [1.29, 1.82) is 0 Å². The second kappa shape index (κ2) is 7.07. The molecule has 4 heteroatoms. The molecule has 2 aromatic rings. The summed E-state index contributed by atoms with van der Waals surface area (Å²) in [5, 5.41) is 12.4. The lowest BCUT2D eigenvalue weighted by Crippen LogP contribution is -2.30. The van der Waals surface area contributed by atoms with Crippen molar-refractivity contribution in [2.45, 2.75) is 32.9 Å². The molecule has 0 fully saturated rings. The van der Waals surface area contributed by atoms with Crippen LogP contribution in [0.25, 0.3) is 11.3 Å². The van der Waals surface area contributed by atoms with Crippen molar-refractivity contribution in [1.82, 2.24) is 5.32 Å². The van der Waals surface area contributed by atoms with Gasteiger partial charge in [-0.1, -0.05) is 22.9 Å². The minimum absolute atomic E-state index is 0.123.